The molecule has 0 unspecified atom stereocenters. The molecule has 0 saturated carbocycles. The van der Waals surface area contributed by atoms with Crippen LogP contribution in [0.15, 0.2) is 73.8 Å². The Kier molecular flexibility index (Phi) is 9.64. The number of carboxylic acid groups (broad SMARTS) is 1. The van der Waals surface area contributed by atoms with Crippen LogP contribution in [0.5, 0.6) is 5.75 Å². The summed E-state index contributed by atoms with van der Waals surface area (Å²) in [5, 5.41) is 16.1. The number of fused-ring (bicyclic) bond motifs is 2. The number of ether oxygens (including phenoxy) is 2. The van der Waals surface area contributed by atoms with Crippen molar-refractivity contribution in [1.29, 1.82) is 0 Å². The Morgan fingerprint density at radius 2 is 1.77 bits per heavy atom. The third-order valence-electron chi connectivity index (χ3n) is 7.33. The first-order valence-electron chi connectivity index (χ1n) is 14.1. The van der Waals surface area contributed by atoms with E-state index in [-0.39, 0.29) is 22.4 Å². The predicted octanol–water partition coefficient (Wildman–Crippen LogP) is -0.168. The van der Waals surface area contributed by atoms with Crippen LogP contribution < -0.4 is 32.0 Å². The van der Waals surface area contributed by atoms with Crippen LogP contribution in [0.25, 0.3) is 11.0 Å². The number of para-hydroxylation sites is 1. The van der Waals surface area contributed by atoms with Gasteiger partial charge in [-0.1, -0.05) is 36.4 Å². The summed E-state index contributed by atoms with van der Waals surface area (Å²) in [5.41, 5.74) is -0.528. The SMILES string of the molecule is COC(=O)Oc1cccc2c(=O)n(CC(=O)NCC(=O)N[C@@H](C(=O)N[C@@H]3C(=O)N4C(C(=O)O)=C(C)CS[C@H]34)c3ccccc3)c(=O)oc12. The Hall–Kier alpha value is -5.91. The number of benzene rings is 2. The number of amides is 4. The number of hydrogen-bond donors (Lipinski definition) is 4. The molecule has 4 amide bonds. The number of hydrogen-bond acceptors (Lipinski definition) is 12. The van der Waals surface area contributed by atoms with Crippen molar-refractivity contribution in [2.24, 2.45) is 0 Å². The molecule has 1 aromatic heterocycles. The van der Waals surface area contributed by atoms with Gasteiger partial charge in [0, 0.05) is 5.75 Å². The molecule has 4 N–H and O–H groups in total. The van der Waals surface area contributed by atoms with Crippen LogP contribution in [0.1, 0.15) is 18.5 Å². The van der Waals surface area contributed by atoms with E-state index in [4.69, 9.17) is 9.15 Å². The first-order chi connectivity index (χ1) is 22.9. The van der Waals surface area contributed by atoms with Gasteiger partial charge in [-0.3, -0.25) is 28.9 Å². The van der Waals surface area contributed by atoms with E-state index in [1.807, 2.05) is 0 Å². The minimum absolute atomic E-state index is 0.126. The van der Waals surface area contributed by atoms with Gasteiger partial charge in [-0.05, 0) is 30.2 Å². The maximum absolute atomic E-state index is 13.4. The molecule has 3 heterocycles. The fourth-order valence-corrected chi connectivity index (χ4v) is 6.35. The Labute approximate surface area is 273 Å². The lowest BCUT2D eigenvalue weighted by atomic mass is 10.0. The van der Waals surface area contributed by atoms with E-state index in [9.17, 15) is 43.5 Å². The number of β-lactam (4-membered cyclic amide) rings is 1. The van der Waals surface area contributed by atoms with Crippen molar-refractivity contribution in [2.45, 2.75) is 30.9 Å². The first kappa shape index (κ1) is 33.5. The number of rotatable bonds is 10. The van der Waals surface area contributed by atoms with E-state index >= 15 is 0 Å². The van der Waals surface area contributed by atoms with Gasteiger partial charge >= 0.3 is 17.9 Å². The minimum Gasteiger partial charge on any atom is -0.477 e. The summed E-state index contributed by atoms with van der Waals surface area (Å²) in [6.45, 7) is 0.113. The average Bonchev–Trinajstić information content (AvgIpc) is 3.07. The lowest BCUT2D eigenvalue weighted by Gasteiger charge is -2.49. The minimum atomic E-state index is -1.31. The number of carbonyl (C=O) groups is 6. The van der Waals surface area contributed by atoms with Gasteiger partial charge in [0.2, 0.25) is 17.7 Å². The lowest BCUT2D eigenvalue weighted by Crippen LogP contribution is -2.71. The van der Waals surface area contributed by atoms with Gasteiger partial charge in [0.1, 0.15) is 29.7 Å². The highest BCUT2D eigenvalue weighted by Crippen LogP contribution is 2.40. The van der Waals surface area contributed by atoms with Gasteiger partial charge in [-0.25, -0.2) is 19.0 Å². The van der Waals surface area contributed by atoms with Gasteiger partial charge in [0.15, 0.2) is 11.3 Å². The molecule has 3 atom stereocenters. The van der Waals surface area contributed by atoms with Crippen LogP contribution in [-0.4, -0.2) is 81.2 Å². The van der Waals surface area contributed by atoms with Crippen LogP contribution in [0.2, 0.25) is 0 Å². The van der Waals surface area contributed by atoms with E-state index in [0.717, 1.165) is 12.0 Å². The van der Waals surface area contributed by atoms with Gasteiger partial charge in [-0.15, -0.1) is 11.8 Å². The highest BCUT2D eigenvalue weighted by molar-refractivity contribution is 8.00. The molecule has 0 spiro atoms. The van der Waals surface area contributed by atoms with Crippen molar-refractivity contribution in [3.05, 3.63) is 86.3 Å². The van der Waals surface area contributed by atoms with Crippen LogP contribution in [0.4, 0.5) is 4.79 Å². The number of carbonyl (C=O) groups excluding carboxylic acids is 5. The van der Waals surface area contributed by atoms with Crippen LogP contribution in [0.3, 0.4) is 0 Å². The van der Waals surface area contributed by atoms with Crippen LogP contribution in [-0.2, 0) is 35.3 Å². The van der Waals surface area contributed by atoms with Crippen molar-refractivity contribution in [2.75, 3.05) is 19.4 Å². The first-order valence-corrected chi connectivity index (χ1v) is 15.2. The predicted molar refractivity (Wildman–Crippen MR) is 165 cm³/mol. The monoisotopic (exact) mass is 681 g/mol. The molecule has 0 bridgehead atoms. The summed E-state index contributed by atoms with van der Waals surface area (Å²) in [4.78, 5) is 102. The molecule has 250 valence electrons. The van der Waals surface area contributed by atoms with E-state index in [1.165, 1.54) is 30.0 Å². The molecular weight excluding hydrogens is 654 g/mol. The highest BCUT2D eigenvalue weighted by Gasteiger charge is 2.54. The van der Waals surface area contributed by atoms with E-state index < -0.39 is 77.6 Å². The Morgan fingerprint density at radius 1 is 1.04 bits per heavy atom. The third-order valence-corrected chi connectivity index (χ3v) is 8.76. The Balaban J connectivity index is 1.24. The van der Waals surface area contributed by atoms with Gasteiger partial charge < -0.3 is 34.9 Å². The summed E-state index contributed by atoms with van der Waals surface area (Å²) < 4.78 is 14.9. The van der Waals surface area contributed by atoms with Gasteiger partial charge in [0.05, 0.1) is 19.0 Å². The summed E-state index contributed by atoms with van der Waals surface area (Å²) in [6.07, 6.45) is -1.12. The lowest BCUT2D eigenvalue weighted by molar-refractivity contribution is -0.151. The fraction of sp³-hybridized carbons (Fsp3) is 0.267. The van der Waals surface area contributed by atoms with Gasteiger partial charge in [-0.2, -0.15) is 0 Å². The second kappa shape index (κ2) is 13.8. The average molecular weight is 682 g/mol. The Morgan fingerprint density at radius 3 is 2.46 bits per heavy atom. The number of aromatic nitrogens is 1. The standard InChI is InChI=1S/C30H27N5O12S/c1-14-13-48-27-21(26(40)35(27)22(14)28(41)42)33-24(38)20(15-7-4-3-5-8-15)32-18(36)11-31-19(37)12-34-25(39)16-9-6-10-17(46-30(44)45-2)23(16)47-29(34)43/h3-10,20-21,27H,11-13H2,1-2H3,(H,31,37)(H,32,36)(H,33,38)(H,41,42)/t20-,21-,27-/m1/s1. The van der Waals surface area contributed by atoms with E-state index in [1.54, 1.807) is 37.3 Å². The quantitative estimate of drug-likeness (QED) is 0.124. The van der Waals surface area contributed by atoms with Gasteiger partial charge in [0.25, 0.3) is 11.5 Å². The molecule has 17 nitrogen and oxygen atoms in total. The number of methoxy groups -OCH3 is 1. The summed E-state index contributed by atoms with van der Waals surface area (Å²) in [7, 11) is 1.06. The fourth-order valence-electron chi connectivity index (χ4n) is 5.06. The van der Waals surface area contributed by atoms with E-state index in [2.05, 4.69) is 20.7 Å². The second-order valence-corrected chi connectivity index (χ2v) is 11.6. The summed E-state index contributed by atoms with van der Waals surface area (Å²) >= 11 is 1.29. The smallest absolute Gasteiger partial charge is 0.477 e. The third kappa shape index (κ3) is 6.63. The molecular formula is C30H27N5O12S. The zero-order chi connectivity index (χ0) is 34.7. The zero-order valence-electron chi connectivity index (χ0n) is 25.2. The number of nitrogens with zero attached hydrogens (tertiary/aromatic N) is 2. The highest BCUT2D eigenvalue weighted by atomic mass is 32.2. The molecule has 1 saturated heterocycles. The number of nitrogens with one attached hydrogen (secondary N) is 3. The topological polar surface area (TPSA) is 233 Å². The maximum Gasteiger partial charge on any atom is 0.513 e. The summed E-state index contributed by atoms with van der Waals surface area (Å²) in [5.74, 6) is -5.51. The second-order valence-electron chi connectivity index (χ2n) is 10.5. The molecule has 2 aliphatic heterocycles. The molecule has 3 aromatic rings. The summed E-state index contributed by atoms with van der Waals surface area (Å²) in [6, 6.07) is 9.62. The van der Waals surface area contributed by atoms with Crippen molar-refractivity contribution in [1.82, 2.24) is 25.4 Å². The van der Waals surface area contributed by atoms with Crippen LogP contribution >= 0.6 is 11.8 Å². The molecule has 0 aliphatic carbocycles. The van der Waals surface area contributed by atoms with Crippen molar-refractivity contribution < 1.29 is 47.8 Å². The van der Waals surface area contributed by atoms with Crippen molar-refractivity contribution in [3.63, 3.8) is 0 Å². The largest absolute Gasteiger partial charge is 0.513 e. The zero-order valence-corrected chi connectivity index (χ0v) is 26.0. The maximum atomic E-state index is 13.4. The molecule has 18 heteroatoms. The number of carboxylic acids is 1. The van der Waals surface area contributed by atoms with Crippen LogP contribution in [0, 0.1) is 0 Å². The van der Waals surface area contributed by atoms with Crippen molar-refractivity contribution in [3.8, 4) is 5.75 Å². The Bertz CT molecular complexity index is 1990. The molecule has 1 fully saturated rings. The number of aliphatic carboxylic acids is 1. The van der Waals surface area contributed by atoms with Crippen molar-refractivity contribution >= 4 is 58.5 Å². The normalized spacial score (nSPS) is 17.5. The molecule has 5 rings (SSSR count). The molecule has 2 aliphatic rings. The molecule has 0 radical (unpaired) electrons. The molecule has 2 aromatic carbocycles. The number of thioether (sulfide) groups is 1. The molecule has 48 heavy (non-hydrogen) atoms. The van der Waals surface area contributed by atoms with E-state index in [0.29, 0.717) is 21.5 Å².